The van der Waals surface area contributed by atoms with Crippen LogP contribution in [0, 0.1) is 0 Å². The number of aliphatic hydroxyl groups excluding tert-OH is 1. The summed E-state index contributed by atoms with van der Waals surface area (Å²) in [6, 6.07) is 0. The molecule has 1 unspecified atom stereocenters. The smallest absolute Gasteiger partial charge is 0.0893 e. The molecule has 1 heterocycles. The van der Waals surface area contributed by atoms with Crippen LogP contribution < -0.4 is 0 Å². The normalized spacial score (nSPS) is 38.6. The van der Waals surface area contributed by atoms with E-state index in [1.807, 2.05) is 13.0 Å². The summed E-state index contributed by atoms with van der Waals surface area (Å²) in [7, 11) is 0. The van der Waals surface area contributed by atoms with E-state index in [4.69, 9.17) is 21.4 Å². The molecule has 3 heteroatoms. The Morgan fingerprint density at radius 1 is 1.82 bits per heavy atom. The van der Waals surface area contributed by atoms with E-state index in [9.17, 15) is 0 Å². The molecule has 1 saturated heterocycles. The van der Waals surface area contributed by atoms with Gasteiger partial charge in [0.25, 0.3) is 0 Å². The lowest BCUT2D eigenvalue weighted by molar-refractivity contribution is -0.0458. The Morgan fingerprint density at radius 3 is 3.00 bits per heavy atom. The molecule has 0 aromatic rings. The fourth-order valence-corrected chi connectivity index (χ4v) is 1.43. The average molecular weight is 177 g/mol. The first-order valence-corrected chi connectivity index (χ1v) is 4.19. The summed E-state index contributed by atoms with van der Waals surface area (Å²) < 4.78 is 5.52. The fourth-order valence-electron chi connectivity index (χ4n) is 1.26. The molecular weight excluding hydrogens is 164 g/mol. The quantitative estimate of drug-likeness (QED) is 0.694. The minimum absolute atomic E-state index is 0.0830. The Bertz CT molecular complexity index is 158. The van der Waals surface area contributed by atoms with Gasteiger partial charge in [0.15, 0.2) is 0 Å². The average Bonchev–Trinajstić information content (AvgIpc) is 2.35. The molecule has 0 bridgehead atoms. The van der Waals surface area contributed by atoms with Crippen molar-refractivity contribution in [2.75, 3.05) is 6.61 Å². The zero-order chi connectivity index (χ0) is 8.32. The summed E-state index contributed by atoms with van der Waals surface area (Å²) in [5.74, 6) is 0. The molecule has 0 amide bonds. The minimum atomic E-state index is -0.346. The van der Waals surface area contributed by atoms with Crippen LogP contribution in [0.25, 0.3) is 0 Å². The van der Waals surface area contributed by atoms with Crippen LogP contribution in [0.15, 0.2) is 11.6 Å². The van der Waals surface area contributed by atoms with Gasteiger partial charge in [0, 0.05) is 5.54 Å². The van der Waals surface area contributed by atoms with Crippen LogP contribution in [0.3, 0.4) is 0 Å². The van der Waals surface area contributed by atoms with Crippen molar-refractivity contribution in [1.82, 2.24) is 0 Å². The topological polar surface area (TPSA) is 29.5 Å². The van der Waals surface area contributed by atoms with Gasteiger partial charge in [0.05, 0.1) is 18.3 Å². The second kappa shape index (κ2) is 3.57. The van der Waals surface area contributed by atoms with Crippen molar-refractivity contribution in [3.05, 3.63) is 11.6 Å². The predicted octanol–water partition coefficient (Wildman–Crippen LogP) is 1.67. The van der Waals surface area contributed by atoms with E-state index in [0.717, 1.165) is 12.8 Å². The van der Waals surface area contributed by atoms with Crippen molar-refractivity contribution in [1.29, 1.82) is 0 Å². The maximum absolute atomic E-state index is 8.93. The molecule has 11 heavy (non-hydrogen) atoms. The van der Waals surface area contributed by atoms with E-state index in [1.54, 1.807) is 0 Å². The maximum atomic E-state index is 8.93. The highest BCUT2D eigenvalue weighted by Crippen LogP contribution is 2.30. The van der Waals surface area contributed by atoms with E-state index >= 15 is 0 Å². The molecule has 0 spiro atoms. The maximum Gasteiger partial charge on any atom is 0.0893 e. The SMILES string of the molecule is C[C@@]1(CO)CCC(C=CCl)O1. The van der Waals surface area contributed by atoms with Crippen molar-refractivity contribution in [2.45, 2.75) is 31.5 Å². The lowest BCUT2D eigenvalue weighted by atomic mass is 10.0. The van der Waals surface area contributed by atoms with Gasteiger partial charge in [0.2, 0.25) is 0 Å². The van der Waals surface area contributed by atoms with Gasteiger partial charge in [0.1, 0.15) is 0 Å². The van der Waals surface area contributed by atoms with Crippen LogP contribution in [0.2, 0.25) is 0 Å². The summed E-state index contributed by atoms with van der Waals surface area (Å²) in [4.78, 5) is 0. The molecular formula is C8H13ClO2. The third-order valence-electron chi connectivity index (χ3n) is 2.02. The zero-order valence-corrected chi connectivity index (χ0v) is 7.34. The fraction of sp³-hybridized carbons (Fsp3) is 0.750. The first-order chi connectivity index (χ1) is 5.20. The Balaban J connectivity index is 2.46. The third kappa shape index (κ3) is 2.19. The van der Waals surface area contributed by atoms with Crippen molar-refractivity contribution in [2.24, 2.45) is 0 Å². The van der Waals surface area contributed by atoms with Crippen molar-refractivity contribution in [3.63, 3.8) is 0 Å². The van der Waals surface area contributed by atoms with Gasteiger partial charge in [-0.15, -0.1) is 0 Å². The molecule has 1 rings (SSSR count). The summed E-state index contributed by atoms with van der Waals surface area (Å²) in [6.45, 7) is 1.99. The molecule has 1 N–H and O–H groups in total. The van der Waals surface area contributed by atoms with Gasteiger partial charge in [-0.2, -0.15) is 0 Å². The molecule has 2 nitrogen and oxygen atoms in total. The van der Waals surface area contributed by atoms with E-state index in [-0.39, 0.29) is 18.3 Å². The molecule has 2 atom stereocenters. The first-order valence-electron chi connectivity index (χ1n) is 3.76. The summed E-state index contributed by atoms with van der Waals surface area (Å²) >= 11 is 5.39. The van der Waals surface area contributed by atoms with Crippen molar-refractivity contribution >= 4 is 11.6 Å². The Kier molecular flexibility index (Phi) is 2.93. The summed E-state index contributed by atoms with van der Waals surface area (Å²) in [6.07, 6.45) is 3.74. The van der Waals surface area contributed by atoms with E-state index in [2.05, 4.69) is 0 Å². The van der Waals surface area contributed by atoms with Crippen LogP contribution in [-0.4, -0.2) is 23.4 Å². The number of halogens is 1. The van der Waals surface area contributed by atoms with Gasteiger partial charge >= 0.3 is 0 Å². The van der Waals surface area contributed by atoms with Crippen LogP contribution >= 0.6 is 11.6 Å². The van der Waals surface area contributed by atoms with Crippen LogP contribution in [-0.2, 0) is 4.74 Å². The highest BCUT2D eigenvalue weighted by atomic mass is 35.5. The van der Waals surface area contributed by atoms with Crippen LogP contribution in [0.4, 0.5) is 0 Å². The second-order valence-electron chi connectivity index (χ2n) is 3.12. The predicted molar refractivity (Wildman–Crippen MR) is 44.6 cm³/mol. The summed E-state index contributed by atoms with van der Waals surface area (Å²) in [5, 5.41) is 8.93. The molecule has 1 fully saturated rings. The molecule has 1 aliphatic heterocycles. The molecule has 0 radical (unpaired) electrons. The highest BCUT2D eigenvalue weighted by molar-refractivity contribution is 6.25. The van der Waals surface area contributed by atoms with Crippen LogP contribution in [0.5, 0.6) is 0 Å². The minimum Gasteiger partial charge on any atom is -0.393 e. The molecule has 0 aromatic carbocycles. The number of hydrogen-bond donors (Lipinski definition) is 1. The Labute approximate surface area is 71.8 Å². The Hall–Kier alpha value is -0.0500. The van der Waals surface area contributed by atoms with Crippen LogP contribution in [0.1, 0.15) is 19.8 Å². The molecule has 0 aliphatic carbocycles. The molecule has 0 aromatic heterocycles. The van der Waals surface area contributed by atoms with E-state index in [0.29, 0.717) is 0 Å². The third-order valence-corrected chi connectivity index (χ3v) is 2.16. The largest absolute Gasteiger partial charge is 0.393 e. The number of ether oxygens (including phenoxy) is 1. The van der Waals surface area contributed by atoms with Crippen molar-refractivity contribution < 1.29 is 9.84 Å². The first kappa shape index (κ1) is 9.04. The Morgan fingerprint density at radius 2 is 2.55 bits per heavy atom. The molecule has 0 saturated carbocycles. The monoisotopic (exact) mass is 176 g/mol. The van der Waals surface area contributed by atoms with Gasteiger partial charge in [-0.25, -0.2) is 0 Å². The highest BCUT2D eigenvalue weighted by Gasteiger charge is 2.33. The zero-order valence-electron chi connectivity index (χ0n) is 6.59. The van der Waals surface area contributed by atoms with E-state index < -0.39 is 0 Å². The number of rotatable bonds is 2. The number of hydrogen-bond acceptors (Lipinski definition) is 2. The van der Waals surface area contributed by atoms with Gasteiger partial charge < -0.3 is 9.84 Å². The van der Waals surface area contributed by atoms with E-state index in [1.165, 1.54) is 5.54 Å². The molecule has 1 aliphatic rings. The standard InChI is InChI=1S/C8H13ClO2/c1-8(6-10)4-2-7(11-8)3-5-9/h3,5,7,10H,2,4,6H2,1H3/t7?,8-/m0/s1. The van der Waals surface area contributed by atoms with Crippen molar-refractivity contribution in [3.8, 4) is 0 Å². The number of aliphatic hydroxyl groups is 1. The second-order valence-corrected chi connectivity index (χ2v) is 3.37. The van der Waals surface area contributed by atoms with Gasteiger partial charge in [-0.05, 0) is 25.8 Å². The summed E-state index contributed by atoms with van der Waals surface area (Å²) in [5.41, 5.74) is 1.12. The molecule has 64 valence electrons. The van der Waals surface area contributed by atoms with Gasteiger partial charge in [-0.3, -0.25) is 0 Å². The lowest BCUT2D eigenvalue weighted by Crippen LogP contribution is -2.28. The van der Waals surface area contributed by atoms with Gasteiger partial charge in [-0.1, -0.05) is 11.6 Å². The lowest BCUT2D eigenvalue weighted by Gasteiger charge is -2.20.